The van der Waals surface area contributed by atoms with Crippen LogP contribution in [-0.2, 0) is 4.79 Å². The van der Waals surface area contributed by atoms with Crippen molar-refractivity contribution < 1.29 is 13.9 Å². The molecule has 0 aliphatic heterocycles. The lowest BCUT2D eigenvalue weighted by Gasteiger charge is -2.15. The molecular formula is C15H13BrFNO2. The summed E-state index contributed by atoms with van der Waals surface area (Å²) in [5.41, 5.74) is 0.688. The van der Waals surface area contributed by atoms with Gasteiger partial charge in [0.05, 0.1) is 0 Å². The normalized spacial score (nSPS) is 11.8. The van der Waals surface area contributed by atoms with Crippen LogP contribution in [0.15, 0.2) is 53.0 Å². The van der Waals surface area contributed by atoms with E-state index in [9.17, 15) is 9.18 Å². The molecule has 0 radical (unpaired) electrons. The Kier molecular flexibility index (Phi) is 4.74. The number of ether oxygens (including phenoxy) is 1. The van der Waals surface area contributed by atoms with Crippen LogP contribution in [0.4, 0.5) is 10.1 Å². The van der Waals surface area contributed by atoms with Crippen LogP contribution in [0.25, 0.3) is 0 Å². The lowest BCUT2D eigenvalue weighted by Crippen LogP contribution is -2.30. The second kappa shape index (κ2) is 6.52. The number of halogens is 2. The molecule has 20 heavy (non-hydrogen) atoms. The molecule has 0 spiro atoms. The summed E-state index contributed by atoms with van der Waals surface area (Å²) in [6, 6.07) is 13.2. The number of anilines is 1. The summed E-state index contributed by atoms with van der Waals surface area (Å²) in [4.78, 5) is 11.9. The van der Waals surface area contributed by atoms with Gasteiger partial charge in [0, 0.05) is 16.2 Å². The van der Waals surface area contributed by atoms with Crippen molar-refractivity contribution in [1.82, 2.24) is 0 Å². The molecule has 2 aromatic rings. The van der Waals surface area contributed by atoms with Crippen LogP contribution in [0.5, 0.6) is 5.75 Å². The summed E-state index contributed by atoms with van der Waals surface area (Å²) in [7, 11) is 0. The van der Waals surface area contributed by atoms with E-state index in [0.717, 1.165) is 0 Å². The van der Waals surface area contributed by atoms with Gasteiger partial charge in [0.15, 0.2) is 6.10 Å². The molecule has 1 atom stereocenters. The highest BCUT2D eigenvalue weighted by molar-refractivity contribution is 9.10. The molecule has 0 heterocycles. The number of hydrogen-bond acceptors (Lipinski definition) is 2. The van der Waals surface area contributed by atoms with Crippen LogP contribution in [0.1, 0.15) is 6.92 Å². The predicted molar refractivity (Wildman–Crippen MR) is 79.3 cm³/mol. The molecule has 0 bridgehead atoms. The number of hydrogen-bond donors (Lipinski definition) is 1. The minimum absolute atomic E-state index is 0.295. The molecule has 0 saturated heterocycles. The summed E-state index contributed by atoms with van der Waals surface area (Å²) in [6.45, 7) is 1.61. The van der Waals surface area contributed by atoms with Crippen molar-refractivity contribution in [3.8, 4) is 5.75 Å². The van der Waals surface area contributed by atoms with Crippen molar-refractivity contribution in [1.29, 1.82) is 0 Å². The molecule has 104 valence electrons. The van der Waals surface area contributed by atoms with Crippen LogP contribution in [-0.4, -0.2) is 12.0 Å². The number of nitrogens with one attached hydrogen (secondary N) is 1. The van der Waals surface area contributed by atoms with Crippen LogP contribution < -0.4 is 10.1 Å². The topological polar surface area (TPSA) is 38.3 Å². The smallest absolute Gasteiger partial charge is 0.265 e. The van der Waals surface area contributed by atoms with Crippen LogP contribution in [0, 0.1) is 5.82 Å². The van der Waals surface area contributed by atoms with Crippen molar-refractivity contribution in [2.75, 3.05) is 5.32 Å². The Bertz CT molecular complexity index is 584. The molecule has 0 fully saturated rings. The van der Waals surface area contributed by atoms with E-state index >= 15 is 0 Å². The maximum atomic E-state index is 13.2. The zero-order valence-corrected chi connectivity index (χ0v) is 12.4. The van der Waals surface area contributed by atoms with E-state index in [4.69, 9.17) is 4.74 Å². The van der Waals surface area contributed by atoms with Crippen molar-refractivity contribution >= 4 is 27.5 Å². The highest BCUT2D eigenvalue weighted by Gasteiger charge is 2.15. The third-order valence-electron chi connectivity index (χ3n) is 2.56. The number of rotatable bonds is 4. The highest BCUT2D eigenvalue weighted by Crippen LogP contribution is 2.21. The minimum Gasteiger partial charge on any atom is -0.481 e. The molecule has 0 saturated carbocycles. The minimum atomic E-state index is -0.732. The van der Waals surface area contributed by atoms with Crippen molar-refractivity contribution in [3.05, 3.63) is 58.8 Å². The zero-order valence-electron chi connectivity index (χ0n) is 10.8. The fraction of sp³-hybridized carbons (Fsp3) is 0.133. The molecule has 2 rings (SSSR count). The molecule has 1 unspecified atom stereocenters. The van der Waals surface area contributed by atoms with Crippen molar-refractivity contribution in [3.63, 3.8) is 0 Å². The average molecular weight is 338 g/mol. The first-order valence-electron chi connectivity index (χ1n) is 6.03. The standard InChI is InChI=1S/C15H13BrFNO2/c1-10(15(19)18-13-5-3-2-4-6-13)20-14-8-11(16)7-12(17)9-14/h2-10H,1H3,(H,18,19). The second-order valence-electron chi connectivity index (χ2n) is 4.22. The summed E-state index contributed by atoms with van der Waals surface area (Å²) in [5, 5.41) is 2.72. The molecule has 1 amide bonds. The summed E-state index contributed by atoms with van der Waals surface area (Å²) < 4.78 is 19.2. The largest absolute Gasteiger partial charge is 0.481 e. The van der Waals surface area contributed by atoms with Gasteiger partial charge in [0.1, 0.15) is 11.6 Å². The second-order valence-corrected chi connectivity index (χ2v) is 5.14. The number of benzene rings is 2. The SMILES string of the molecule is CC(Oc1cc(F)cc(Br)c1)C(=O)Nc1ccccc1. The van der Waals surface area contributed by atoms with E-state index < -0.39 is 11.9 Å². The quantitative estimate of drug-likeness (QED) is 0.915. The van der Waals surface area contributed by atoms with Gasteiger partial charge < -0.3 is 10.1 Å². The van der Waals surface area contributed by atoms with Gasteiger partial charge in [-0.1, -0.05) is 34.1 Å². The predicted octanol–water partition coefficient (Wildman–Crippen LogP) is 3.99. The van der Waals surface area contributed by atoms with Crippen LogP contribution in [0.3, 0.4) is 0 Å². The van der Waals surface area contributed by atoms with Crippen molar-refractivity contribution in [2.45, 2.75) is 13.0 Å². The maximum absolute atomic E-state index is 13.2. The molecule has 0 aliphatic rings. The third kappa shape index (κ3) is 4.06. The molecule has 5 heteroatoms. The van der Waals surface area contributed by atoms with Gasteiger partial charge in [-0.3, -0.25) is 4.79 Å². The zero-order chi connectivity index (χ0) is 14.5. The average Bonchev–Trinajstić information content (AvgIpc) is 2.38. The lowest BCUT2D eigenvalue weighted by molar-refractivity contribution is -0.122. The third-order valence-corrected chi connectivity index (χ3v) is 3.02. The molecule has 2 aromatic carbocycles. The first-order valence-corrected chi connectivity index (χ1v) is 6.82. The molecular weight excluding hydrogens is 325 g/mol. The van der Waals surface area contributed by atoms with Gasteiger partial charge in [0.25, 0.3) is 5.91 Å². The number of amides is 1. The Morgan fingerprint density at radius 3 is 2.60 bits per heavy atom. The number of carbonyl (C=O) groups excluding carboxylic acids is 1. The Morgan fingerprint density at radius 1 is 1.25 bits per heavy atom. The first kappa shape index (κ1) is 14.5. The van der Waals surface area contributed by atoms with Gasteiger partial charge >= 0.3 is 0 Å². The first-order chi connectivity index (χ1) is 9.54. The van der Waals surface area contributed by atoms with E-state index in [1.165, 1.54) is 12.1 Å². The monoisotopic (exact) mass is 337 g/mol. The van der Waals surface area contributed by atoms with Crippen LogP contribution in [0.2, 0.25) is 0 Å². The number of para-hydroxylation sites is 1. The van der Waals surface area contributed by atoms with E-state index in [-0.39, 0.29) is 5.91 Å². The van der Waals surface area contributed by atoms with Gasteiger partial charge in [0.2, 0.25) is 0 Å². The molecule has 1 N–H and O–H groups in total. The van der Waals surface area contributed by atoms with Gasteiger partial charge in [-0.25, -0.2) is 4.39 Å². The van der Waals surface area contributed by atoms with Gasteiger partial charge in [-0.2, -0.15) is 0 Å². The maximum Gasteiger partial charge on any atom is 0.265 e. The summed E-state index contributed by atoms with van der Waals surface area (Å²) in [6.07, 6.45) is -0.732. The van der Waals surface area contributed by atoms with E-state index in [1.807, 2.05) is 18.2 Å². The Morgan fingerprint density at radius 2 is 1.95 bits per heavy atom. The van der Waals surface area contributed by atoms with Crippen LogP contribution >= 0.6 is 15.9 Å². The molecule has 0 aromatic heterocycles. The molecule has 3 nitrogen and oxygen atoms in total. The van der Waals surface area contributed by atoms with E-state index in [0.29, 0.717) is 15.9 Å². The fourth-order valence-corrected chi connectivity index (χ4v) is 2.06. The van der Waals surface area contributed by atoms with Gasteiger partial charge in [-0.15, -0.1) is 0 Å². The fourth-order valence-electron chi connectivity index (χ4n) is 1.62. The molecule has 0 aliphatic carbocycles. The highest BCUT2D eigenvalue weighted by atomic mass is 79.9. The van der Waals surface area contributed by atoms with Crippen molar-refractivity contribution in [2.24, 2.45) is 0 Å². The van der Waals surface area contributed by atoms with Gasteiger partial charge in [-0.05, 0) is 31.2 Å². The Labute approximate surface area is 124 Å². The lowest BCUT2D eigenvalue weighted by atomic mass is 10.3. The number of carbonyl (C=O) groups is 1. The Balaban J connectivity index is 2.00. The summed E-state index contributed by atoms with van der Waals surface area (Å²) in [5.74, 6) is -0.422. The van der Waals surface area contributed by atoms with E-state index in [1.54, 1.807) is 25.1 Å². The van der Waals surface area contributed by atoms with E-state index in [2.05, 4.69) is 21.2 Å². The Hall–Kier alpha value is -1.88. The summed E-state index contributed by atoms with van der Waals surface area (Å²) >= 11 is 3.17.